The Bertz CT molecular complexity index is 1190. The lowest BCUT2D eigenvalue weighted by molar-refractivity contribution is 0.501. The molecule has 162 valence electrons. The van der Waals surface area contributed by atoms with Crippen molar-refractivity contribution < 1.29 is 12.8 Å². The molecule has 6 heteroatoms. The van der Waals surface area contributed by atoms with Crippen LogP contribution in [0.1, 0.15) is 42.5 Å². The smallest absolute Gasteiger partial charge is 0.154 e. The fourth-order valence-corrected chi connectivity index (χ4v) is 5.04. The summed E-state index contributed by atoms with van der Waals surface area (Å²) in [6.45, 7) is 4.59. The molecule has 2 aromatic carbocycles. The SMILES string of the molecule is CC[C@@H]1N=C(c2ccc(F)cc2)c2ccc(CS(=O)(=O)CC)cc2C2=CN(C)CC=C21. The number of rotatable bonds is 5. The average molecular weight is 439 g/mol. The molecule has 0 saturated carbocycles. The molecule has 0 N–H and O–H groups in total. The van der Waals surface area contributed by atoms with E-state index in [1.807, 2.05) is 25.2 Å². The van der Waals surface area contributed by atoms with Gasteiger partial charge in [0.1, 0.15) is 5.82 Å². The highest BCUT2D eigenvalue weighted by atomic mass is 32.2. The summed E-state index contributed by atoms with van der Waals surface area (Å²) >= 11 is 0. The Labute approximate surface area is 183 Å². The highest BCUT2D eigenvalue weighted by Crippen LogP contribution is 2.38. The van der Waals surface area contributed by atoms with Crippen LogP contribution < -0.4 is 0 Å². The summed E-state index contributed by atoms with van der Waals surface area (Å²) in [5.41, 5.74) is 6.58. The predicted molar refractivity (Wildman–Crippen MR) is 124 cm³/mol. The van der Waals surface area contributed by atoms with E-state index in [0.29, 0.717) is 0 Å². The van der Waals surface area contributed by atoms with Gasteiger partial charge in [-0.15, -0.1) is 0 Å². The van der Waals surface area contributed by atoms with E-state index in [-0.39, 0.29) is 23.4 Å². The Kier molecular flexibility index (Phi) is 5.84. The van der Waals surface area contributed by atoms with Crippen LogP contribution in [0.25, 0.3) is 5.57 Å². The van der Waals surface area contributed by atoms with Gasteiger partial charge in [0.15, 0.2) is 9.84 Å². The molecule has 2 aliphatic rings. The number of hydrogen-bond acceptors (Lipinski definition) is 4. The Morgan fingerprint density at radius 1 is 1.10 bits per heavy atom. The third-order valence-electron chi connectivity index (χ3n) is 5.86. The van der Waals surface area contributed by atoms with Gasteiger partial charge in [-0.3, -0.25) is 4.99 Å². The molecule has 0 spiro atoms. The molecule has 31 heavy (non-hydrogen) atoms. The van der Waals surface area contributed by atoms with E-state index in [0.717, 1.165) is 52.1 Å². The van der Waals surface area contributed by atoms with Crippen molar-refractivity contribution in [3.8, 4) is 0 Å². The third kappa shape index (κ3) is 4.35. The van der Waals surface area contributed by atoms with Gasteiger partial charge in [-0.1, -0.05) is 32.1 Å². The van der Waals surface area contributed by atoms with Gasteiger partial charge in [-0.2, -0.15) is 0 Å². The Morgan fingerprint density at radius 2 is 1.84 bits per heavy atom. The molecule has 2 heterocycles. The van der Waals surface area contributed by atoms with E-state index in [4.69, 9.17) is 4.99 Å². The fraction of sp³-hybridized carbons (Fsp3) is 0.320. The minimum absolute atomic E-state index is 0.0131. The average Bonchev–Trinajstić information content (AvgIpc) is 2.88. The van der Waals surface area contributed by atoms with E-state index in [1.165, 1.54) is 12.1 Å². The van der Waals surface area contributed by atoms with Gasteiger partial charge < -0.3 is 4.90 Å². The Balaban J connectivity index is 1.94. The van der Waals surface area contributed by atoms with Crippen molar-refractivity contribution in [2.45, 2.75) is 32.1 Å². The van der Waals surface area contributed by atoms with Crippen molar-refractivity contribution in [2.75, 3.05) is 19.3 Å². The molecular formula is C25H27FN2O2S. The molecule has 0 fully saturated rings. The van der Waals surface area contributed by atoms with Crippen LogP contribution in [0.2, 0.25) is 0 Å². The van der Waals surface area contributed by atoms with Crippen LogP contribution in [-0.2, 0) is 15.6 Å². The summed E-state index contributed by atoms with van der Waals surface area (Å²) in [5, 5.41) is 0. The van der Waals surface area contributed by atoms with Gasteiger partial charge in [-0.05, 0) is 53.5 Å². The maximum Gasteiger partial charge on any atom is 0.154 e. The van der Waals surface area contributed by atoms with Crippen molar-refractivity contribution in [3.05, 3.63) is 88.4 Å². The lowest BCUT2D eigenvalue weighted by atomic mass is 9.87. The maximum absolute atomic E-state index is 13.6. The second kappa shape index (κ2) is 8.42. The second-order valence-corrected chi connectivity index (χ2v) is 10.5. The van der Waals surface area contributed by atoms with Crippen LogP contribution in [0.4, 0.5) is 4.39 Å². The zero-order valence-corrected chi connectivity index (χ0v) is 18.9. The van der Waals surface area contributed by atoms with Crippen molar-refractivity contribution in [3.63, 3.8) is 0 Å². The third-order valence-corrected chi connectivity index (χ3v) is 7.52. The summed E-state index contributed by atoms with van der Waals surface area (Å²) in [6, 6.07) is 12.2. The highest BCUT2D eigenvalue weighted by Gasteiger charge is 2.28. The van der Waals surface area contributed by atoms with Gasteiger partial charge in [0.2, 0.25) is 0 Å². The van der Waals surface area contributed by atoms with Crippen LogP contribution in [0.3, 0.4) is 0 Å². The Hall–Kier alpha value is -2.73. The molecule has 0 aliphatic carbocycles. The molecule has 0 bridgehead atoms. The molecular weight excluding hydrogens is 411 g/mol. The number of hydrogen-bond donors (Lipinski definition) is 0. The molecule has 0 amide bonds. The van der Waals surface area contributed by atoms with E-state index in [1.54, 1.807) is 19.1 Å². The number of likely N-dealkylation sites (N-methyl/N-ethyl adjacent to an activating group) is 1. The predicted octanol–water partition coefficient (Wildman–Crippen LogP) is 4.60. The highest BCUT2D eigenvalue weighted by molar-refractivity contribution is 7.90. The number of halogens is 1. The quantitative estimate of drug-likeness (QED) is 0.685. The normalized spacial score (nSPS) is 18.4. The molecule has 2 aromatic rings. The first-order chi connectivity index (χ1) is 14.8. The van der Waals surface area contributed by atoms with Crippen molar-refractivity contribution >= 4 is 21.1 Å². The van der Waals surface area contributed by atoms with Gasteiger partial charge in [0.05, 0.1) is 17.5 Å². The van der Waals surface area contributed by atoms with Gasteiger partial charge in [0, 0.05) is 42.2 Å². The zero-order chi connectivity index (χ0) is 22.2. The summed E-state index contributed by atoms with van der Waals surface area (Å²) in [7, 11) is -1.12. The molecule has 4 nitrogen and oxygen atoms in total. The van der Waals surface area contributed by atoms with Crippen LogP contribution in [-0.4, -0.2) is 44.4 Å². The first-order valence-corrected chi connectivity index (χ1v) is 12.4. The zero-order valence-electron chi connectivity index (χ0n) is 18.1. The summed E-state index contributed by atoms with van der Waals surface area (Å²) in [5.74, 6) is -0.161. The van der Waals surface area contributed by atoms with Crippen molar-refractivity contribution in [1.29, 1.82) is 0 Å². The fourth-order valence-electron chi connectivity index (χ4n) is 4.15. The number of nitrogens with zero attached hydrogens (tertiary/aromatic N) is 2. The molecule has 0 saturated heterocycles. The maximum atomic E-state index is 13.6. The van der Waals surface area contributed by atoms with Gasteiger partial charge in [0.25, 0.3) is 0 Å². The Morgan fingerprint density at radius 3 is 2.52 bits per heavy atom. The van der Waals surface area contributed by atoms with Gasteiger partial charge in [-0.25, -0.2) is 12.8 Å². The summed E-state index contributed by atoms with van der Waals surface area (Å²) in [6.07, 6.45) is 5.17. The first kappa shape index (κ1) is 21.5. The molecule has 0 unspecified atom stereocenters. The molecule has 1 atom stereocenters. The summed E-state index contributed by atoms with van der Waals surface area (Å²) < 4.78 is 38.1. The van der Waals surface area contributed by atoms with Crippen molar-refractivity contribution in [1.82, 2.24) is 4.90 Å². The van der Waals surface area contributed by atoms with Crippen LogP contribution in [0.5, 0.6) is 0 Å². The van der Waals surface area contributed by atoms with Crippen LogP contribution >= 0.6 is 0 Å². The molecule has 2 aliphatic heterocycles. The van der Waals surface area contributed by atoms with E-state index in [9.17, 15) is 12.8 Å². The molecule has 0 radical (unpaired) electrons. The van der Waals surface area contributed by atoms with E-state index < -0.39 is 9.84 Å². The molecule has 4 rings (SSSR count). The monoisotopic (exact) mass is 438 g/mol. The minimum Gasteiger partial charge on any atom is -0.376 e. The molecule has 0 aromatic heterocycles. The van der Waals surface area contributed by atoms with E-state index >= 15 is 0 Å². The van der Waals surface area contributed by atoms with E-state index in [2.05, 4.69) is 24.1 Å². The van der Waals surface area contributed by atoms with Gasteiger partial charge >= 0.3 is 0 Å². The number of sulfone groups is 1. The van der Waals surface area contributed by atoms with Crippen LogP contribution in [0.15, 0.2) is 65.3 Å². The minimum atomic E-state index is -3.15. The topological polar surface area (TPSA) is 49.7 Å². The van der Waals surface area contributed by atoms with Crippen LogP contribution in [0, 0.1) is 5.82 Å². The first-order valence-electron chi connectivity index (χ1n) is 10.6. The summed E-state index contributed by atoms with van der Waals surface area (Å²) in [4.78, 5) is 7.23. The number of fused-ring (bicyclic) bond motifs is 3. The lowest BCUT2D eigenvalue weighted by Crippen LogP contribution is -2.20. The number of benzene rings is 2. The standard InChI is InChI=1S/C25H27FN2O2S/c1-4-24-20-12-13-28(3)15-23(20)22-14-17(16-31(29,30)5-2)6-11-21(22)25(27-24)18-7-9-19(26)10-8-18/h6-12,14-15,24H,4-5,13,16H2,1-3H3/t24-/m0/s1. The largest absolute Gasteiger partial charge is 0.376 e. The van der Waals surface area contributed by atoms with Crippen molar-refractivity contribution in [2.24, 2.45) is 4.99 Å². The lowest BCUT2D eigenvalue weighted by Gasteiger charge is -2.26. The second-order valence-electron chi connectivity index (χ2n) is 8.11. The number of aliphatic imine (C=N–C) groups is 1.